The van der Waals surface area contributed by atoms with Crippen molar-refractivity contribution in [2.24, 2.45) is 5.92 Å². The summed E-state index contributed by atoms with van der Waals surface area (Å²) in [5.41, 5.74) is 2.26. The number of hydrogen-bond acceptors (Lipinski definition) is 3. The number of halogens is 1. The van der Waals surface area contributed by atoms with Crippen molar-refractivity contribution in [1.29, 1.82) is 0 Å². The third-order valence-electron chi connectivity index (χ3n) is 3.39. The molecule has 0 saturated heterocycles. The molecule has 1 aromatic rings. The lowest BCUT2D eigenvalue weighted by molar-refractivity contribution is 0.0429. The molecule has 0 atom stereocenters. The zero-order chi connectivity index (χ0) is 12.4. The van der Waals surface area contributed by atoms with E-state index in [4.69, 9.17) is 0 Å². The molecule has 0 radical (unpaired) electrons. The van der Waals surface area contributed by atoms with Gasteiger partial charge in [0.05, 0.1) is 22.0 Å². The van der Waals surface area contributed by atoms with Crippen LogP contribution in [0.15, 0.2) is 4.47 Å². The maximum absolute atomic E-state index is 9.21. The summed E-state index contributed by atoms with van der Waals surface area (Å²) in [5, 5.41) is 17.1. The van der Waals surface area contributed by atoms with E-state index < -0.39 is 0 Å². The molecule has 0 bridgehead atoms. The third-order valence-corrected chi connectivity index (χ3v) is 4.42. The Hall–Kier alpha value is -0.390. The van der Waals surface area contributed by atoms with Gasteiger partial charge in [-0.3, -0.25) is 4.68 Å². The second-order valence-corrected chi connectivity index (χ2v) is 5.58. The monoisotopic (exact) mass is 301 g/mol. The maximum Gasteiger partial charge on any atom is 0.0739 e. The number of hydrogen-bond donors (Lipinski definition) is 2. The minimum absolute atomic E-state index is 0.0584. The summed E-state index contributed by atoms with van der Waals surface area (Å²) in [6.07, 6.45) is 1.83. The van der Waals surface area contributed by atoms with Gasteiger partial charge in [-0.25, -0.2) is 0 Å². The number of nitrogens with zero attached hydrogens (tertiary/aromatic N) is 2. The van der Waals surface area contributed by atoms with E-state index in [2.05, 4.69) is 33.3 Å². The van der Waals surface area contributed by atoms with Crippen molar-refractivity contribution in [3.05, 3.63) is 15.9 Å². The van der Waals surface area contributed by atoms with Gasteiger partial charge in [-0.1, -0.05) is 0 Å². The van der Waals surface area contributed by atoms with E-state index in [0.29, 0.717) is 5.92 Å². The molecule has 0 aliphatic heterocycles. The first-order valence-corrected chi connectivity index (χ1v) is 7.01. The van der Waals surface area contributed by atoms with Crippen LogP contribution in [0, 0.1) is 12.8 Å². The van der Waals surface area contributed by atoms with Gasteiger partial charge < -0.3 is 10.4 Å². The van der Waals surface area contributed by atoms with Crippen LogP contribution in [-0.4, -0.2) is 27.5 Å². The highest BCUT2D eigenvalue weighted by molar-refractivity contribution is 9.10. The topological polar surface area (TPSA) is 50.1 Å². The van der Waals surface area contributed by atoms with Gasteiger partial charge in [0, 0.05) is 13.1 Å². The van der Waals surface area contributed by atoms with Gasteiger partial charge in [-0.15, -0.1) is 0 Å². The Labute approximate surface area is 111 Å². The lowest BCUT2D eigenvalue weighted by Gasteiger charge is -2.31. The van der Waals surface area contributed by atoms with Gasteiger partial charge in [0.1, 0.15) is 0 Å². The summed E-state index contributed by atoms with van der Waals surface area (Å²) >= 11 is 3.59. The van der Waals surface area contributed by atoms with E-state index in [9.17, 15) is 5.11 Å². The molecule has 1 heterocycles. The van der Waals surface area contributed by atoms with E-state index in [1.807, 2.05) is 11.6 Å². The Morgan fingerprint density at radius 1 is 1.53 bits per heavy atom. The minimum Gasteiger partial charge on any atom is -0.393 e. The number of rotatable bonds is 5. The fourth-order valence-electron chi connectivity index (χ4n) is 2.30. The zero-order valence-corrected chi connectivity index (χ0v) is 12.0. The van der Waals surface area contributed by atoms with Crippen LogP contribution >= 0.6 is 15.9 Å². The predicted molar refractivity (Wildman–Crippen MR) is 70.8 cm³/mol. The molecule has 96 valence electrons. The first-order chi connectivity index (χ1) is 8.11. The Morgan fingerprint density at radius 3 is 2.82 bits per heavy atom. The lowest BCUT2D eigenvalue weighted by Crippen LogP contribution is -2.36. The average Bonchev–Trinajstić information content (AvgIpc) is 2.54. The summed E-state index contributed by atoms with van der Waals surface area (Å²) < 4.78 is 3.14. The first kappa shape index (κ1) is 13.1. The number of aliphatic hydroxyl groups is 1. The van der Waals surface area contributed by atoms with Crippen LogP contribution in [0.2, 0.25) is 0 Å². The molecule has 1 aliphatic rings. The highest BCUT2D eigenvalue weighted by Crippen LogP contribution is 2.26. The predicted octanol–water partition coefficient (Wildman–Crippen LogP) is 1.83. The van der Waals surface area contributed by atoms with Gasteiger partial charge in [0.25, 0.3) is 0 Å². The molecule has 1 fully saturated rings. The zero-order valence-electron chi connectivity index (χ0n) is 10.4. The average molecular weight is 302 g/mol. The normalized spacial score (nSPS) is 23.8. The van der Waals surface area contributed by atoms with Crippen molar-refractivity contribution in [1.82, 2.24) is 15.1 Å². The van der Waals surface area contributed by atoms with Crippen molar-refractivity contribution in [3.8, 4) is 0 Å². The minimum atomic E-state index is -0.0584. The molecular formula is C12H20BrN3O. The van der Waals surface area contributed by atoms with E-state index in [1.165, 1.54) is 5.69 Å². The second kappa shape index (κ2) is 5.50. The molecule has 2 N–H and O–H groups in total. The smallest absolute Gasteiger partial charge is 0.0739 e. The van der Waals surface area contributed by atoms with Crippen LogP contribution in [0.3, 0.4) is 0 Å². The Morgan fingerprint density at radius 2 is 2.24 bits per heavy atom. The van der Waals surface area contributed by atoms with Gasteiger partial charge in [0.15, 0.2) is 0 Å². The molecule has 0 aromatic carbocycles. The fraction of sp³-hybridized carbons (Fsp3) is 0.750. The lowest BCUT2D eigenvalue weighted by atomic mass is 9.82. The van der Waals surface area contributed by atoms with Gasteiger partial charge in [-0.05, 0) is 55.1 Å². The molecule has 1 aromatic heterocycles. The van der Waals surface area contributed by atoms with Crippen LogP contribution < -0.4 is 5.32 Å². The van der Waals surface area contributed by atoms with Crippen molar-refractivity contribution >= 4 is 15.9 Å². The Bertz CT molecular complexity index is 385. The molecule has 1 aliphatic carbocycles. The van der Waals surface area contributed by atoms with Crippen molar-refractivity contribution in [2.75, 3.05) is 6.54 Å². The maximum atomic E-state index is 9.21. The molecule has 0 spiro atoms. The number of aliphatic hydroxyl groups excluding tert-OH is 1. The van der Waals surface area contributed by atoms with Gasteiger partial charge in [-0.2, -0.15) is 5.10 Å². The number of aryl methyl sites for hydroxylation is 2. The Balaban J connectivity index is 1.85. The van der Waals surface area contributed by atoms with E-state index in [-0.39, 0.29) is 6.10 Å². The molecular weight excluding hydrogens is 282 g/mol. The van der Waals surface area contributed by atoms with Crippen LogP contribution in [0.4, 0.5) is 0 Å². The van der Waals surface area contributed by atoms with Crippen molar-refractivity contribution in [2.45, 2.75) is 45.9 Å². The first-order valence-electron chi connectivity index (χ1n) is 6.22. The molecule has 5 heteroatoms. The van der Waals surface area contributed by atoms with Crippen molar-refractivity contribution < 1.29 is 5.11 Å². The third kappa shape index (κ3) is 2.89. The van der Waals surface area contributed by atoms with E-state index >= 15 is 0 Å². The van der Waals surface area contributed by atoms with Gasteiger partial charge >= 0.3 is 0 Å². The summed E-state index contributed by atoms with van der Waals surface area (Å²) in [4.78, 5) is 0. The molecule has 1 saturated carbocycles. The molecule has 2 rings (SSSR count). The number of nitrogens with one attached hydrogen (secondary N) is 1. The fourth-order valence-corrected chi connectivity index (χ4v) is 2.72. The highest BCUT2D eigenvalue weighted by atomic mass is 79.9. The quantitative estimate of drug-likeness (QED) is 0.872. The largest absolute Gasteiger partial charge is 0.393 e. The molecule has 4 nitrogen and oxygen atoms in total. The van der Waals surface area contributed by atoms with Crippen molar-refractivity contribution in [3.63, 3.8) is 0 Å². The summed E-state index contributed by atoms with van der Waals surface area (Å²) in [6, 6.07) is 0. The summed E-state index contributed by atoms with van der Waals surface area (Å²) in [7, 11) is 0. The molecule has 0 amide bonds. The molecule has 0 unspecified atom stereocenters. The van der Waals surface area contributed by atoms with E-state index in [1.54, 1.807) is 0 Å². The standard InChI is InChI=1S/C12H20BrN3O/c1-3-16-11(12(13)8(2)15-16)7-14-6-9-4-10(17)5-9/h9-10,14,17H,3-7H2,1-2H3. The molecule has 17 heavy (non-hydrogen) atoms. The van der Waals surface area contributed by atoms with Gasteiger partial charge in [0.2, 0.25) is 0 Å². The van der Waals surface area contributed by atoms with Crippen LogP contribution in [0.5, 0.6) is 0 Å². The van der Waals surface area contributed by atoms with Crippen LogP contribution in [0.1, 0.15) is 31.2 Å². The SMILES string of the molecule is CCn1nc(C)c(Br)c1CNCC1CC(O)C1. The summed E-state index contributed by atoms with van der Waals surface area (Å²) in [6.45, 7) is 6.83. The second-order valence-electron chi connectivity index (χ2n) is 4.78. The van der Waals surface area contributed by atoms with E-state index in [0.717, 1.165) is 42.6 Å². The van der Waals surface area contributed by atoms with Crippen LogP contribution in [-0.2, 0) is 13.1 Å². The highest BCUT2D eigenvalue weighted by Gasteiger charge is 2.26. The summed E-state index contributed by atoms with van der Waals surface area (Å²) in [5.74, 6) is 0.642. The van der Waals surface area contributed by atoms with Crippen LogP contribution in [0.25, 0.3) is 0 Å². The Kier molecular flexibility index (Phi) is 4.22. The number of aromatic nitrogens is 2.